The lowest BCUT2D eigenvalue weighted by Crippen LogP contribution is -2.48. The number of benzene rings is 2. The highest BCUT2D eigenvalue weighted by atomic mass is 16.4. The number of amides is 5. The topological polar surface area (TPSA) is 363 Å². The number of unbranched alkanes of at least 4 members (excludes halogenated alkanes) is 2. The van der Waals surface area contributed by atoms with Crippen LogP contribution in [0.2, 0.25) is 0 Å². The highest BCUT2D eigenvalue weighted by molar-refractivity contribution is 6.43. The Balaban J connectivity index is 0.00000332. The van der Waals surface area contributed by atoms with Gasteiger partial charge in [0, 0.05) is 83.0 Å². The number of aliphatic carboxylic acids is 2. The fraction of sp³-hybridized carbons (Fsp3) is 0.587. The second-order valence-corrected chi connectivity index (χ2v) is 16.7. The van der Waals surface area contributed by atoms with Crippen LogP contribution in [-0.4, -0.2) is 210 Å². The molecule has 0 bridgehead atoms. The maximum atomic E-state index is 13.3. The number of fused-ring (bicyclic) bond motifs is 1. The van der Waals surface area contributed by atoms with Crippen LogP contribution in [-0.2, 0) is 28.8 Å². The van der Waals surface area contributed by atoms with E-state index in [1.165, 1.54) is 11.0 Å². The van der Waals surface area contributed by atoms with Gasteiger partial charge in [0.2, 0.25) is 17.7 Å². The Kier molecular flexibility index (Phi) is 29.1. The number of likely N-dealkylation sites (tertiary alicyclic amines) is 1. The summed E-state index contributed by atoms with van der Waals surface area (Å²) in [6.07, 6.45) is 4.32. The molecule has 0 aliphatic carbocycles. The first-order chi connectivity index (χ1) is 34.0. The van der Waals surface area contributed by atoms with E-state index >= 15 is 0 Å². The summed E-state index contributed by atoms with van der Waals surface area (Å²) in [4.78, 5) is 108. The van der Waals surface area contributed by atoms with Gasteiger partial charge >= 0.3 is 19.1 Å². The zero-order valence-electron chi connectivity index (χ0n) is 40.9. The molecule has 2 aliphatic rings. The van der Waals surface area contributed by atoms with Gasteiger partial charge in [-0.2, -0.15) is 0 Å². The molecule has 0 saturated carbocycles. The molecule has 0 spiro atoms. The monoisotopic (exact) mass is 1000 g/mol. The highest BCUT2D eigenvalue weighted by Crippen LogP contribution is 2.24. The number of aliphatic imine (C=N–C) groups is 1. The molecule has 0 radical (unpaired) electrons. The fourth-order valence-electron chi connectivity index (χ4n) is 8.13. The summed E-state index contributed by atoms with van der Waals surface area (Å²) in [5.74, 6) is -4.64. The van der Waals surface area contributed by atoms with E-state index in [9.17, 15) is 53.8 Å². The lowest BCUT2D eigenvalue weighted by atomic mass is 9.78. The van der Waals surface area contributed by atoms with Crippen molar-refractivity contribution in [3.8, 4) is 0 Å². The number of hydrogen-bond donors (Lipinski definition) is 11. The maximum Gasteiger partial charge on any atom is 0.475 e. The summed E-state index contributed by atoms with van der Waals surface area (Å²) in [6.45, 7) is 7.90. The van der Waals surface area contributed by atoms with Crippen molar-refractivity contribution in [3.05, 3.63) is 47.5 Å². The van der Waals surface area contributed by atoms with Crippen molar-refractivity contribution in [2.75, 3.05) is 91.6 Å². The third-order valence-electron chi connectivity index (χ3n) is 11.6. The molecule has 2 aromatic rings. The first-order valence-corrected chi connectivity index (χ1v) is 24.1. The summed E-state index contributed by atoms with van der Waals surface area (Å²) >= 11 is 0. The van der Waals surface area contributed by atoms with Gasteiger partial charge in [0.25, 0.3) is 18.3 Å². The van der Waals surface area contributed by atoms with Crippen LogP contribution in [0.3, 0.4) is 0 Å². The smallest absolute Gasteiger partial charge is 0.475 e. The molecule has 2 heterocycles. The maximum absolute atomic E-state index is 13.3. The lowest BCUT2D eigenvalue weighted by Gasteiger charge is -2.25. The van der Waals surface area contributed by atoms with E-state index in [0.717, 1.165) is 0 Å². The largest absolute Gasteiger partial charge is 0.483 e. The molecule has 71 heavy (non-hydrogen) atoms. The number of nitrogens with two attached hydrogens (primary N) is 2. The number of carboxylic acid groups (broad SMARTS) is 3. The lowest BCUT2D eigenvalue weighted by molar-refractivity contribution is -0.140. The number of guanidine groups is 1. The number of carbonyl (C=O) groups excluding carboxylic acids is 5. The minimum Gasteiger partial charge on any atom is -0.483 e. The van der Waals surface area contributed by atoms with E-state index in [-0.39, 0.29) is 68.3 Å². The molecule has 13 N–H and O–H groups in total. The van der Waals surface area contributed by atoms with E-state index in [0.29, 0.717) is 133 Å². The van der Waals surface area contributed by atoms with E-state index < -0.39 is 42.9 Å². The molecule has 4 rings (SSSR count). The molecule has 2 atom stereocenters. The van der Waals surface area contributed by atoms with E-state index in [4.69, 9.17) is 21.4 Å². The normalized spacial score (nSPS) is 15.7. The predicted octanol–water partition coefficient (Wildman–Crippen LogP) is -1.28. The number of hydrogen-bond acceptors (Lipinski definition) is 14. The molecule has 2 saturated heterocycles. The van der Waals surface area contributed by atoms with Crippen LogP contribution in [0, 0.1) is 0 Å². The van der Waals surface area contributed by atoms with Gasteiger partial charge in [-0.25, -0.2) is 0 Å². The van der Waals surface area contributed by atoms with Gasteiger partial charge in [-0.3, -0.25) is 53.1 Å². The van der Waals surface area contributed by atoms with Gasteiger partial charge in [0.05, 0.1) is 25.6 Å². The highest BCUT2D eigenvalue weighted by Gasteiger charge is 2.36. The number of carboxylic acids is 2. The van der Waals surface area contributed by atoms with Crippen LogP contribution in [0.1, 0.15) is 92.4 Å². The van der Waals surface area contributed by atoms with Crippen LogP contribution in [0.5, 0.6) is 0 Å². The van der Waals surface area contributed by atoms with Crippen molar-refractivity contribution in [3.63, 3.8) is 0 Å². The first kappa shape index (κ1) is 60.7. The molecule has 2 aliphatic heterocycles. The van der Waals surface area contributed by atoms with E-state index in [1.807, 2.05) is 13.8 Å². The molecule has 2 aromatic carbocycles. The van der Waals surface area contributed by atoms with Gasteiger partial charge in [-0.05, 0) is 80.8 Å². The Bertz CT molecular complexity index is 2030. The summed E-state index contributed by atoms with van der Waals surface area (Å²) < 4.78 is 0. The third kappa shape index (κ3) is 22.9. The second kappa shape index (κ2) is 34.0. The molecule has 5 amide bonds. The molecule has 2 fully saturated rings. The Hall–Kier alpha value is -6.41. The predicted molar refractivity (Wildman–Crippen MR) is 266 cm³/mol. The van der Waals surface area contributed by atoms with Crippen LogP contribution in [0.4, 0.5) is 0 Å². The van der Waals surface area contributed by atoms with Gasteiger partial charge in [-0.15, -0.1) is 0 Å². The molecule has 0 aromatic heterocycles. The fourth-order valence-corrected chi connectivity index (χ4v) is 8.13. The third-order valence-corrected chi connectivity index (χ3v) is 11.6. The van der Waals surface area contributed by atoms with E-state index in [1.54, 1.807) is 40.1 Å². The Morgan fingerprint density at radius 1 is 0.746 bits per heavy atom. The Morgan fingerprint density at radius 3 is 1.79 bits per heavy atom. The minimum absolute atomic E-state index is 0.0786. The molecular weight excluding hydrogens is 925 g/mol. The quantitative estimate of drug-likeness (QED) is 0.0181. The average molecular weight is 1000 g/mol. The van der Waals surface area contributed by atoms with Crippen molar-refractivity contribution in [2.24, 2.45) is 16.5 Å². The summed E-state index contributed by atoms with van der Waals surface area (Å²) in [5.41, 5.74) is 11.6. The average Bonchev–Trinajstić information content (AvgIpc) is 3.86. The summed E-state index contributed by atoms with van der Waals surface area (Å²) in [7, 11) is -1.66. The second-order valence-electron chi connectivity index (χ2n) is 16.7. The SMILES string of the molecule is CC.NC(N)=NCCCC(NC(=O)CCCN1CCN(CC(=O)O)CCN(CC(=O)O)CC1)C(=O)NCCCCCNC(=O)c1ccc(C(=O)NCC(=O)N2CCCC2B(O)O)c2ccccc12.O=CO. The van der Waals surface area contributed by atoms with Crippen molar-refractivity contribution in [1.29, 1.82) is 0 Å². The Morgan fingerprint density at radius 2 is 1.27 bits per heavy atom. The van der Waals surface area contributed by atoms with Gasteiger partial charge < -0.3 is 67.9 Å². The minimum atomic E-state index is -1.66. The number of nitrogens with zero attached hydrogens (tertiary/aromatic N) is 5. The molecule has 24 nitrogen and oxygen atoms in total. The number of rotatable bonds is 25. The van der Waals surface area contributed by atoms with Crippen LogP contribution >= 0.6 is 0 Å². The van der Waals surface area contributed by atoms with Crippen LogP contribution < -0.4 is 32.7 Å². The Labute approximate surface area is 414 Å². The number of carbonyl (C=O) groups is 8. The zero-order chi connectivity index (χ0) is 52.7. The van der Waals surface area contributed by atoms with Gasteiger partial charge in [0.1, 0.15) is 6.04 Å². The number of nitrogens with one attached hydrogen (secondary N) is 4. The first-order valence-electron chi connectivity index (χ1n) is 24.1. The van der Waals surface area contributed by atoms with E-state index in [2.05, 4.69) is 31.2 Å². The van der Waals surface area contributed by atoms with Crippen LogP contribution in [0.25, 0.3) is 10.8 Å². The van der Waals surface area contributed by atoms with Gasteiger partial charge in [0.15, 0.2) is 5.96 Å². The standard InChI is InChI=1S/C43H66BN11O11.C2H6.CH2O2/c45-43(46)49-18-6-11-34(51-36(56)13-8-19-52-21-23-53(28-38(58)59)25-26-54(24-22-52)29-39(60)61)42(64)48-17-5-1-4-16-47-40(62)32-14-15-33(31-10-3-2-9-30(31)32)41(63)50-27-37(57)55-20-7-12-35(55)44(65)66;1-2;2-1-3/h2-3,9-10,14-15,34-35,65-66H,1,4-8,11-13,16-29H2,(H,47,62)(H,48,64)(H,50,63)(H,51,56)(H,58,59)(H,60,61)(H4,45,46,49);1-2H3;1H,(H,2,3). The van der Waals surface area contributed by atoms with Crippen LogP contribution in [0.15, 0.2) is 41.4 Å². The summed E-state index contributed by atoms with van der Waals surface area (Å²) in [5, 5.41) is 57.1. The molecule has 25 heteroatoms. The molecule has 394 valence electrons. The van der Waals surface area contributed by atoms with Crippen molar-refractivity contribution < 1.29 is 63.7 Å². The molecular formula is C46H74BN11O13. The van der Waals surface area contributed by atoms with Gasteiger partial charge in [-0.1, -0.05) is 38.1 Å². The van der Waals surface area contributed by atoms with Crippen molar-refractivity contribution >= 4 is 71.8 Å². The summed E-state index contributed by atoms with van der Waals surface area (Å²) in [6, 6.07) is 9.22. The van der Waals surface area contributed by atoms with Crippen molar-refractivity contribution in [1.82, 2.24) is 40.9 Å². The zero-order valence-corrected chi connectivity index (χ0v) is 40.9. The molecule has 2 unspecified atom stereocenters. The van der Waals surface area contributed by atoms with Crippen molar-refractivity contribution in [2.45, 2.75) is 83.6 Å².